The second-order valence-corrected chi connectivity index (χ2v) is 4.64. The van der Waals surface area contributed by atoms with E-state index < -0.39 is 0 Å². The largest absolute Gasteiger partial charge is 0.398 e. The lowest BCUT2D eigenvalue weighted by Gasteiger charge is -2.11. The van der Waals surface area contributed by atoms with Crippen molar-refractivity contribution in [3.8, 4) is 0 Å². The lowest BCUT2D eigenvalue weighted by Crippen LogP contribution is -2.04. The Hall–Kier alpha value is -2.29. The van der Waals surface area contributed by atoms with Crippen LogP contribution < -0.4 is 11.1 Å². The van der Waals surface area contributed by atoms with Gasteiger partial charge in [-0.3, -0.25) is 4.79 Å². The van der Waals surface area contributed by atoms with Gasteiger partial charge in [0.25, 0.3) is 0 Å². The second kappa shape index (κ2) is 5.57. The molecule has 0 fully saturated rings. The molecule has 0 saturated carbocycles. The average molecular weight is 254 g/mol. The molecule has 0 bridgehead atoms. The number of benzene rings is 2. The standard InChI is InChI=1S/C16H18N2O/c1-11-5-3-4-6-13(11)10-18-14-7-8-16(17)15(9-14)12(2)19/h3-9,18H,10,17H2,1-2H3. The van der Waals surface area contributed by atoms with E-state index in [0.717, 1.165) is 12.2 Å². The predicted molar refractivity (Wildman–Crippen MR) is 79.4 cm³/mol. The SMILES string of the molecule is CC(=O)c1cc(NCc2ccccc2C)ccc1N. The zero-order valence-electron chi connectivity index (χ0n) is 11.2. The maximum absolute atomic E-state index is 11.4. The van der Waals surface area contributed by atoms with Crippen LogP contribution in [0, 0.1) is 6.92 Å². The Bertz CT molecular complexity index is 605. The van der Waals surface area contributed by atoms with Crippen molar-refractivity contribution in [1.82, 2.24) is 0 Å². The number of carbonyl (C=O) groups is 1. The molecule has 3 N–H and O–H groups in total. The quantitative estimate of drug-likeness (QED) is 0.649. The Morgan fingerprint density at radius 2 is 1.95 bits per heavy atom. The third-order valence-electron chi connectivity index (χ3n) is 3.18. The van der Waals surface area contributed by atoms with Gasteiger partial charge in [0.2, 0.25) is 0 Å². The van der Waals surface area contributed by atoms with E-state index >= 15 is 0 Å². The van der Waals surface area contributed by atoms with Crippen molar-refractivity contribution in [1.29, 1.82) is 0 Å². The van der Waals surface area contributed by atoms with Crippen LogP contribution in [0.3, 0.4) is 0 Å². The molecule has 98 valence electrons. The number of nitrogen functional groups attached to an aromatic ring is 1. The van der Waals surface area contributed by atoms with Gasteiger partial charge < -0.3 is 11.1 Å². The van der Waals surface area contributed by atoms with Crippen molar-refractivity contribution >= 4 is 17.2 Å². The molecule has 2 aromatic rings. The molecule has 0 aliphatic heterocycles. The van der Waals surface area contributed by atoms with Crippen LogP contribution >= 0.6 is 0 Å². The normalized spacial score (nSPS) is 10.2. The van der Waals surface area contributed by atoms with E-state index in [1.54, 1.807) is 12.1 Å². The molecule has 0 aromatic heterocycles. The molecule has 19 heavy (non-hydrogen) atoms. The topological polar surface area (TPSA) is 55.1 Å². The van der Waals surface area contributed by atoms with Gasteiger partial charge in [0, 0.05) is 23.5 Å². The maximum Gasteiger partial charge on any atom is 0.161 e. The maximum atomic E-state index is 11.4. The smallest absolute Gasteiger partial charge is 0.161 e. The Morgan fingerprint density at radius 1 is 1.21 bits per heavy atom. The number of hydrogen-bond acceptors (Lipinski definition) is 3. The summed E-state index contributed by atoms with van der Waals surface area (Å²) >= 11 is 0. The molecule has 0 aliphatic rings. The summed E-state index contributed by atoms with van der Waals surface area (Å²) in [6.07, 6.45) is 0. The van der Waals surface area contributed by atoms with Crippen LogP contribution in [0.15, 0.2) is 42.5 Å². The highest BCUT2D eigenvalue weighted by atomic mass is 16.1. The molecule has 0 aliphatic carbocycles. The Labute approximate surface area is 113 Å². The minimum absolute atomic E-state index is 0.0166. The van der Waals surface area contributed by atoms with E-state index in [1.165, 1.54) is 18.1 Å². The number of aryl methyl sites for hydroxylation is 1. The predicted octanol–water partition coefficient (Wildman–Crippen LogP) is 3.39. The summed E-state index contributed by atoms with van der Waals surface area (Å²) in [5.41, 5.74) is 10.3. The van der Waals surface area contributed by atoms with Crippen LogP contribution in [-0.4, -0.2) is 5.78 Å². The Kier molecular flexibility index (Phi) is 3.85. The molecule has 0 unspecified atom stereocenters. The zero-order chi connectivity index (χ0) is 13.8. The molecular formula is C16H18N2O. The monoisotopic (exact) mass is 254 g/mol. The van der Waals surface area contributed by atoms with Crippen LogP contribution in [0.25, 0.3) is 0 Å². The van der Waals surface area contributed by atoms with Crippen molar-refractivity contribution in [2.24, 2.45) is 0 Å². The van der Waals surface area contributed by atoms with Gasteiger partial charge in [0.05, 0.1) is 0 Å². The molecule has 0 radical (unpaired) electrons. The Morgan fingerprint density at radius 3 is 2.63 bits per heavy atom. The van der Waals surface area contributed by atoms with Gasteiger partial charge in [-0.2, -0.15) is 0 Å². The van der Waals surface area contributed by atoms with Gasteiger partial charge in [0.15, 0.2) is 5.78 Å². The van der Waals surface area contributed by atoms with E-state index in [9.17, 15) is 4.79 Å². The summed E-state index contributed by atoms with van der Waals surface area (Å²) in [6.45, 7) is 4.34. The van der Waals surface area contributed by atoms with Crippen LogP contribution in [0.2, 0.25) is 0 Å². The molecule has 3 nitrogen and oxygen atoms in total. The Balaban J connectivity index is 2.14. The summed E-state index contributed by atoms with van der Waals surface area (Å²) in [6, 6.07) is 13.7. The summed E-state index contributed by atoms with van der Waals surface area (Å²) in [5.74, 6) is -0.0166. The first-order chi connectivity index (χ1) is 9.08. The second-order valence-electron chi connectivity index (χ2n) is 4.64. The minimum atomic E-state index is -0.0166. The van der Waals surface area contributed by atoms with Crippen molar-refractivity contribution in [3.63, 3.8) is 0 Å². The third kappa shape index (κ3) is 3.13. The molecule has 0 heterocycles. The van der Waals surface area contributed by atoms with Crippen molar-refractivity contribution in [2.75, 3.05) is 11.1 Å². The molecule has 0 spiro atoms. The zero-order valence-corrected chi connectivity index (χ0v) is 11.2. The van der Waals surface area contributed by atoms with Crippen LogP contribution in [0.5, 0.6) is 0 Å². The number of ketones is 1. The van der Waals surface area contributed by atoms with Crippen molar-refractivity contribution in [3.05, 3.63) is 59.2 Å². The fourth-order valence-electron chi connectivity index (χ4n) is 1.98. The molecule has 3 heteroatoms. The molecule has 0 saturated heterocycles. The first kappa shape index (κ1) is 13.1. The highest BCUT2D eigenvalue weighted by Crippen LogP contribution is 2.19. The lowest BCUT2D eigenvalue weighted by molar-refractivity contribution is 0.101. The van der Waals surface area contributed by atoms with Gasteiger partial charge in [0.1, 0.15) is 0 Å². The number of rotatable bonds is 4. The minimum Gasteiger partial charge on any atom is -0.398 e. The molecule has 0 amide bonds. The number of nitrogens with one attached hydrogen (secondary N) is 1. The number of nitrogens with two attached hydrogens (primary N) is 1. The summed E-state index contributed by atoms with van der Waals surface area (Å²) in [5, 5.41) is 3.32. The summed E-state index contributed by atoms with van der Waals surface area (Å²) < 4.78 is 0. The van der Waals surface area contributed by atoms with Gasteiger partial charge in [-0.1, -0.05) is 24.3 Å². The van der Waals surface area contributed by atoms with E-state index in [0.29, 0.717) is 11.3 Å². The average Bonchev–Trinajstić information content (AvgIpc) is 2.39. The van der Waals surface area contributed by atoms with Gasteiger partial charge in [-0.05, 0) is 43.2 Å². The molecule has 0 atom stereocenters. The summed E-state index contributed by atoms with van der Waals surface area (Å²) in [7, 11) is 0. The van der Waals surface area contributed by atoms with Gasteiger partial charge >= 0.3 is 0 Å². The van der Waals surface area contributed by atoms with Gasteiger partial charge in [-0.25, -0.2) is 0 Å². The lowest BCUT2D eigenvalue weighted by atomic mass is 10.1. The highest BCUT2D eigenvalue weighted by molar-refractivity contribution is 6.00. The fourth-order valence-corrected chi connectivity index (χ4v) is 1.98. The first-order valence-electron chi connectivity index (χ1n) is 6.27. The summed E-state index contributed by atoms with van der Waals surface area (Å²) in [4.78, 5) is 11.4. The molecular weight excluding hydrogens is 236 g/mol. The number of carbonyl (C=O) groups excluding carboxylic acids is 1. The van der Waals surface area contributed by atoms with Gasteiger partial charge in [-0.15, -0.1) is 0 Å². The van der Waals surface area contributed by atoms with Crippen molar-refractivity contribution in [2.45, 2.75) is 20.4 Å². The molecule has 2 rings (SSSR count). The van der Waals surface area contributed by atoms with E-state index in [4.69, 9.17) is 5.73 Å². The molecule has 2 aromatic carbocycles. The first-order valence-corrected chi connectivity index (χ1v) is 6.27. The van der Waals surface area contributed by atoms with Crippen LogP contribution in [0.4, 0.5) is 11.4 Å². The van der Waals surface area contributed by atoms with Crippen molar-refractivity contribution < 1.29 is 4.79 Å². The van der Waals surface area contributed by atoms with E-state index in [2.05, 4.69) is 24.4 Å². The van der Waals surface area contributed by atoms with Crippen LogP contribution in [0.1, 0.15) is 28.4 Å². The van der Waals surface area contributed by atoms with E-state index in [-0.39, 0.29) is 5.78 Å². The van der Waals surface area contributed by atoms with E-state index in [1.807, 2.05) is 18.2 Å². The number of anilines is 2. The van der Waals surface area contributed by atoms with Crippen LogP contribution in [-0.2, 0) is 6.54 Å². The third-order valence-corrected chi connectivity index (χ3v) is 3.18. The number of hydrogen-bond donors (Lipinski definition) is 2. The highest BCUT2D eigenvalue weighted by Gasteiger charge is 2.06. The number of Topliss-reactive ketones (excluding diaryl/α,β-unsaturated/α-hetero) is 1. The fraction of sp³-hybridized carbons (Fsp3) is 0.188.